The highest BCUT2D eigenvalue weighted by Gasteiger charge is 2.55. The quantitative estimate of drug-likeness (QED) is 0.0343. The predicted molar refractivity (Wildman–Crippen MR) is 230 cm³/mol. The lowest BCUT2D eigenvalue weighted by molar-refractivity contribution is -0.330. The molecule has 14 heteroatoms. The molecule has 328 valence electrons. The molecule has 7 rings (SSSR count). The molecule has 0 bridgehead atoms. The first-order chi connectivity index (χ1) is 30.9. The van der Waals surface area contributed by atoms with E-state index in [9.17, 15) is 15.1 Å². The summed E-state index contributed by atoms with van der Waals surface area (Å²) in [5.41, 5.74) is 13.9. The molecule has 0 aromatic heterocycles. The van der Waals surface area contributed by atoms with Gasteiger partial charge in [-0.3, -0.25) is 0 Å². The molecular formula is C49H51N3O11. The van der Waals surface area contributed by atoms with Crippen molar-refractivity contribution >= 4 is 11.9 Å². The molecule has 0 radical (unpaired) electrons. The number of carbonyl (C=O) groups is 2. The minimum atomic E-state index is -1.44. The molecule has 0 amide bonds. The summed E-state index contributed by atoms with van der Waals surface area (Å²) in [7, 11) is 1.25. The zero-order chi connectivity index (χ0) is 43.8. The summed E-state index contributed by atoms with van der Waals surface area (Å²) in [5.74, 6) is -1.32. The zero-order valence-corrected chi connectivity index (χ0v) is 35.1. The van der Waals surface area contributed by atoms with Crippen molar-refractivity contribution in [2.45, 2.75) is 94.5 Å². The predicted octanol–water partition coefficient (Wildman–Crippen LogP) is 7.93. The first kappa shape index (κ1) is 45.1. The number of hydrogen-bond donors (Lipinski definition) is 0. The highest BCUT2D eigenvalue weighted by atomic mass is 16.7. The van der Waals surface area contributed by atoms with Gasteiger partial charge in [0.1, 0.15) is 49.3 Å². The molecule has 4 unspecified atom stereocenters. The Morgan fingerprint density at radius 2 is 1.03 bits per heavy atom. The average Bonchev–Trinajstić information content (AvgIpc) is 3.33. The normalized spacial score (nSPS) is 25.6. The van der Waals surface area contributed by atoms with Crippen LogP contribution in [0.15, 0.2) is 157 Å². The molecule has 14 nitrogen and oxygen atoms in total. The van der Waals surface area contributed by atoms with Crippen LogP contribution in [0.25, 0.3) is 10.4 Å². The number of hydrogen-bond acceptors (Lipinski definition) is 12. The number of ether oxygens (including phenoxy) is 9. The molecule has 2 aliphatic rings. The Balaban J connectivity index is 1.26. The zero-order valence-electron chi connectivity index (χ0n) is 35.1. The summed E-state index contributed by atoms with van der Waals surface area (Å²) in [4.78, 5) is 30.3. The van der Waals surface area contributed by atoms with Gasteiger partial charge >= 0.3 is 11.9 Å². The standard InChI is InChI=1S/C49H51N3O11/c1-33-41(56-28-34-18-8-3-9-19-34)44(59-31-37-24-14-6-15-25-37)45(46(61-33)48(54)55-2)63-49-40(51-52-50)43(58-30-36-22-12-5-13-23-36)42(57-29-35-20-10-4-11-21-35)39(62-49)32-60-47(53)38-26-16-7-17-27-38/h3-27,33,39-46,49H,28-32H2,1-2H3/t33-,39?,40?,41?,42-,43+,44+,45+,46?,49-/m1/s1. The largest absolute Gasteiger partial charge is 0.467 e. The maximum absolute atomic E-state index is 13.7. The third-order valence-corrected chi connectivity index (χ3v) is 10.8. The second-order valence-electron chi connectivity index (χ2n) is 15.1. The van der Waals surface area contributed by atoms with Crippen LogP contribution < -0.4 is 0 Å². The Morgan fingerprint density at radius 3 is 1.51 bits per heavy atom. The van der Waals surface area contributed by atoms with Crippen LogP contribution >= 0.6 is 0 Å². The molecular weight excluding hydrogens is 807 g/mol. The van der Waals surface area contributed by atoms with Crippen molar-refractivity contribution in [3.8, 4) is 0 Å². The Labute approximate surface area is 366 Å². The molecule has 2 saturated heterocycles. The third kappa shape index (κ3) is 12.2. The van der Waals surface area contributed by atoms with Gasteiger partial charge < -0.3 is 42.6 Å². The van der Waals surface area contributed by atoms with E-state index in [0.717, 1.165) is 22.3 Å². The lowest BCUT2D eigenvalue weighted by Gasteiger charge is -2.49. The van der Waals surface area contributed by atoms with Gasteiger partial charge in [0.05, 0.1) is 45.2 Å². The van der Waals surface area contributed by atoms with Gasteiger partial charge in [-0.15, -0.1) is 0 Å². The van der Waals surface area contributed by atoms with Gasteiger partial charge in [-0.05, 0) is 46.8 Å². The molecule has 5 aromatic carbocycles. The summed E-state index contributed by atoms with van der Waals surface area (Å²) < 4.78 is 57.6. The third-order valence-electron chi connectivity index (χ3n) is 10.8. The first-order valence-electron chi connectivity index (χ1n) is 20.8. The van der Waals surface area contributed by atoms with E-state index in [1.165, 1.54) is 7.11 Å². The van der Waals surface area contributed by atoms with Crippen LogP contribution in [-0.4, -0.2) is 86.8 Å². The van der Waals surface area contributed by atoms with Gasteiger partial charge in [-0.2, -0.15) is 0 Å². The van der Waals surface area contributed by atoms with Crippen LogP contribution in [0.5, 0.6) is 0 Å². The van der Waals surface area contributed by atoms with E-state index in [-0.39, 0.29) is 33.0 Å². The highest BCUT2D eigenvalue weighted by Crippen LogP contribution is 2.36. The maximum atomic E-state index is 13.7. The van der Waals surface area contributed by atoms with E-state index in [0.29, 0.717) is 5.56 Å². The van der Waals surface area contributed by atoms with Crippen molar-refractivity contribution in [3.05, 3.63) is 190 Å². The molecule has 0 saturated carbocycles. The minimum Gasteiger partial charge on any atom is -0.467 e. The van der Waals surface area contributed by atoms with Gasteiger partial charge in [0.2, 0.25) is 0 Å². The van der Waals surface area contributed by atoms with Crippen molar-refractivity contribution in [2.24, 2.45) is 5.11 Å². The molecule has 2 fully saturated rings. The fourth-order valence-electron chi connectivity index (χ4n) is 7.64. The molecule has 0 aliphatic carbocycles. The van der Waals surface area contributed by atoms with Gasteiger partial charge in [-0.1, -0.05) is 145 Å². The number of nitrogens with zero attached hydrogens (tertiary/aromatic N) is 3. The van der Waals surface area contributed by atoms with E-state index in [2.05, 4.69) is 10.0 Å². The van der Waals surface area contributed by atoms with Crippen molar-refractivity contribution in [3.63, 3.8) is 0 Å². The van der Waals surface area contributed by atoms with Crippen molar-refractivity contribution in [2.75, 3.05) is 13.7 Å². The van der Waals surface area contributed by atoms with Crippen LogP contribution in [0.4, 0.5) is 0 Å². The van der Waals surface area contributed by atoms with E-state index in [1.54, 1.807) is 37.3 Å². The minimum absolute atomic E-state index is 0.0877. The van der Waals surface area contributed by atoms with Crippen LogP contribution in [0.2, 0.25) is 0 Å². The van der Waals surface area contributed by atoms with E-state index < -0.39 is 73.1 Å². The van der Waals surface area contributed by atoms with Crippen LogP contribution in [0.1, 0.15) is 39.5 Å². The molecule has 2 aliphatic heterocycles. The smallest absolute Gasteiger partial charge is 0.338 e. The SMILES string of the molecule is COC(=O)C1O[C@H](C)C(OCc2ccccc2)[C@H](OCc2ccccc2)[C@@H]1O[C@H]1OC(COC(=O)c2ccccc2)[C@@H](OCc2ccccc2)[C@@H](OCc2ccccc2)C1N=[N+]=[N-]. The first-order valence-corrected chi connectivity index (χ1v) is 20.8. The molecule has 2 heterocycles. The second-order valence-corrected chi connectivity index (χ2v) is 15.1. The molecule has 0 N–H and O–H groups in total. The van der Waals surface area contributed by atoms with E-state index in [1.807, 2.05) is 121 Å². The Bertz CT molecular complexity index is 2200. The van der Waals surface area contributed by atoms with Crippen LogP contribution in [0.3, 0.4) is 0 Å². The Kier molecular flexibility index (Phi) is 16.4. The topological polar surface area (TPSA) is 166 Å². The second kappa shape index (κ2) is 23.0. The molecule has 10 atom stereocenters. The molecule has 0 spiro atoms. The van der Waals surface area contributed by atoms with Gasteiger partial charge in [0, 0.05) is 4.91 Å². The van der Waals surface area contributed by atoms with Crippen LogP contribution in [-0.2, 0) is 73.9 Å². The van der Waals surface area contributed by atoms with Crippen molar-refractivity contribution < 1.29 is 52.2 Å². The number of rotatable bonds is 19. The van der Waals surface area contributed by atoms with Crippen molar-refractivity contribution in [1.82, 2.24) is 0 Å². The van der Waals surface area contributed by atoms with Gasteiger partial charge in [0.15, 0.2) is 12.4 Å². The lowest BCUT2D eigenvalue weighted by atomic mass is 9.93. The number of carbonyl (C=O) groups excluding carboxylic acids is 2. The number of azide groups is 1. The highest BCUT2D eigenvalue weighted by molar-refractivity contribution is 5.89. The molecule has 5 aromatic rings. The summed E-state index contributed by atoms with van der Waals surface area (Å²) in [6.07, 6.45) is -9.54. The fraction of sp³-hybridized carbons (Fsp3) is 0.347. The number of benzene rings is 5. The average molecular weight is 858 g/mol. The number of esters is 2. The number of methoxy groups -OCH3 is 1. The summed E-state index contributed by atoms with van der Waals surface area (Å²) in [6, 6.07) is 45.5. The fourth-order valence-corrected chi connectivity index (χ4v) is 7.64. The van der Waals surface area contributed by atoms with Gasteiger partial charge in [-0.25, -0.2) is 9.59 Å². The van der Waals surface area contributed by atoms with Crippen molar-refractivity contribution in [1.29, 1.82) is 0 Å². The lowest BCUT2D eigenvalue weighted by Crippen LogP contribution is -2.66. The van der Waals surface area contributed by atoms with Gasteiger partial charge in [0.25, 0.3) is 0 Å². The van der Waals surface area contributed by atoms with Crippen LogP contribution in [0, 0.1) is 0 Å². The van der Waals surface area contributed by atoms with E-state index >= 15 is 0 Å². The Morgan fingerprint density at radius 1 is 0.587 bits per heavy atom. The molecule has 63 heavy (non-hydrogen) atoms. The monoisotopic (exact) mass is 857 g/mol. The van der Waals surface area contributed by atoms with E-state index in [4.69, 9.17) is 42.6 Å². The summed E-state index contributed by atoms with van der Waals surface area (Å²) in [5, 5.41) is 4.21. The Hall–Kier alpha value is -5.93. The maximum Gasteiger partial charge on any atom is 0.338 e. The summed E-state index contributed by atoms with van der Waals surface area (Å²) in [6.45, 7) is 2.01. The summed E-state index contributed by atoms with van der Waals surface area (Å²) >= 11 is 0.